The van der Waals surface area contributed by atoms with Gasteiger partial charge in [-0.3, -0.25) is 4.68 Å². The van der Waals surface area contributed by atoms with Crippen LogP contribution in [0, 0.1) is 0 Å². The van der Waals surface area contributed by atoms with Crippen LogP contribution in [0.25, 0.3) is 0 Å². The van der Waals surface area contributed by atoms with E-state index in [1.165, 1.54) is 0 Å². The number of piperazine rings is 1. The van der Waals surface area contributed by atoms with Gasteiger partial charge in [0.05, 0.1) is 5.69 Å². The summed E-state index contributed by atoms with van der Waals surface area (Å²) in [6.07, 6.45) is 1.70. The van der Waals surface area contributed by atoms with E-state index in [2.05, 4.69) is 22.1 Å². The summed E-state index contributed by atoms with van der Waals surface area (Å²) in [5, 5.41) is 4.61. The highest BCUT2D eigenvalue weighted by molar-refractivity contribution is 7.89. The Morgan fingerprint density at radius 2 is 1.59 bits per heavy atom. The van der Waals surface area contributed by atoms with Crippen LogP contribution in [0.15, 0.2) is 41.4 Å². The first-order valence-corrected chi connectivity index (χ1v) is 10.9. The lowest BCUT2D eigenvalue weighted by Crippen LogP contribution is -2.48. The van der Waals surface area contributed by atoms with Gasteiger partial charge in [0.25, 0.3) is 0 Å². The van der Waals surface area contributed by atoms with Crippen LogP contribution in [0.3, 0.4) is 0 Å². The molecule has 1 aliphatic heterocycles. The van der Waals surface area contributed by atoms with Crippen LogP contribution in [0.4, 0.5) is 5.69 Å². The molecule has 0 radical (unpaired) electrons. The molecule has 0 amide bonds. The second-order valence-electron chi connectivity index (χ2n) is 8.39. The zero-order chi connectivity index (χ0) is 19.8. The molecule has 1 saturated heterocycles. The minimum absolute atomic E-state index is 0.116. The smallest absolute Gasteiger partial charge is 0.246 e. The zero-order valence-corrected chi connectivity index (χ0v) is 17.7. The largest absolute Gasteiger partial charge is 0.369 e. The molecule has 2 heterocycles. The van der Waals surface area contributed by atoms with Crippen molar-refractivity contribution in [2.75, 3.05) is 31.1 Å². The van der Waals surface area contributed by atoms with Crippen LogP contribution in [0.5, 0.6) is 0 Å². The van der Waals surface area contributed by atoms with Gasteiger partial charge in [0.2, 0.25) is 10.0 Å². The molecule has 3 rings (SSSR count). The summed E-state index contributed by atoms with van der Waals surface area (Å²) < 4.78 is 30.1. The van der Waals surface area contributed by atoms with Gasteiger partial charge >= 0.3 is 0 Å². The number of hydrogen-bond acceptors (Lipinski definition) is 4. The monoisotopic (exact) mass is 390 g/mol. The van der Waals surface area contributed by atoms with Crippen LogP contribution in [0.1, 0.15) is 46.4 Å². The van der Waals surface area contributed by atoms with Crippen molar-refractivity contribution in [1.29, 1.82) is 0 Å². The van der Waals surface area contributed by atoms with Crippen molar-refractivity contribution in [2.45, 2.75) is 51.0 Å². The van der Waals surface area contributed by atoms with E-state index < -0.39 is 10.0 Å². The summed E-state index contributed by atoms with van der Waals surface area (Å²) in [5.41, 5.74) is 1.44. The van der Waals surface area contributed by atoms with E-state index in [1.807, 2.05) is 52.8 Å². The minimum atomic E-state index is -3.57. The SMILES string of the molecule is CC(C)n1cc(S(=O)(=O)N2CCN(c3ccccc3)CC2)c(C(C)(C)C)n1. The van der Waals surface area contributed by atoms with E-state index in [0.29, 0.717) is 36.8 Å². The van der Waals surface area contributed by atoms with Crippen LogP contribution in [-0.4, -0.2) is 48.7 Å². The molecule has 7 heteroatoms. The molecule has 0 spiro atoms. The second-order valence-corrected chi connectivity index (χ2v) is 10.3. The Balaban J connectivity index is 1.85. The van der Waals surface area contributed by atoms with Gasteiger partial charge in [-0.25, -0.2) is 8.42 Å². The molecule has 0 aliphatic carbocycles. The lowest BCUT2D eigenvalue weighted by atomic mass is 9.92. The minimum Gasteiger partial charge on any atom is -0.369 e. The number of hydrogen-bond donors (Lipinski definition) is 0. The summed E-state index contributed by atoms with van der Waals surface area (Å²) in [6, 6.07) is 10.3. The summed E-state index contributed by atoms with van der Waals surface area (Å²) in [7, 11) is -3.57. The Labute approximate surface area is 162 Å². The Bertz CT molecular complexity index is 874. The van der Waals surface area contributed by atoms with Crippen LogP contribution in [-0.2, 0) is 15.4 Å². The Morgan fingerprint density at radius 1 is 1.00 bits per heavy atom. The maximum Gasteiger partial charge on any atom is 0.246 e. The summed E-state index contributed by atoms with van der Waals surface area (Å²) in [4.78, 5) is 2.57. The third kappa shape index (κ3) is 4.04. The normalized spacial score (nSPS) is 16.9. The van der Waals surface area contributed by atoms with E-state index in [0.717, 1.165) is 5.69 Å². The molecular formula is C20H30N4O2S. The van der Waals surface area contributed by atoms with E-state index >= 15 is 0 Å². The van der Waals surface area contributed by atoms with Crippen molar-refractivity contribution in [3.63, 3.8) is 0 Å². The molecule has 1 fully saturated rings. The van der Waals surface area contributed by atoms with Crippen molar-refractivity contribution < 1.29 is 8.42 Å². The lowest BCUT2D eigenvalue weighted by Gasteiger charge is -2.35. The Morgan fingerprint density at radius 3 is 2.11 bits per heavy atom. The van der Waals surface area contributed by atoms with Crippen molar-refractivity contribution in [3.05, 3.63) is 42.2 Å². The number of aromatic nitrogens is 2. The number of anilines is 1. The Kier molecular flexibility index (Phi) is 5.36. The summed E-state index contributed by atoms with van der Waals surface area (Å²) >= 11 is 0. The van der Waals surface area contributed by atoms with Crippen molar-refractivity contribution in [2.24, 2.45) is 0 Å². The molecule has 1 aliphatic rings. The third-order valence-corrected chi connectivity index (χ3v) is 6.82. The lowest BCUT2D eigenvalue weighted by molar-refractivity contribution is 0.383. The van der Waals surface area contributed by atoms with Crippen LogP contribution >= 0.6 is 0 Å². The first-order chi connectivity index (χ1) is 12.6. The molecular weight excluding hydrogens is 360 g/mol. The quantitative estimate of drug-likeness (QED) is 0.804. The second kappa shape index (κ2) is 7.28. The molecule has 0 bridgehead atoms. The van der Waals surface area contributed by atoms with Gasteiger partial charge < -0.3 is 4.90 Å². The van der Waals surface area contributed by atoms with E-state index in [4.69, 9.17) is 0 Å². The third-order valence-electron chi connectivity index (χ3n) is 4.92. The molecule has 148 valence electrons. The molecule has 1 aromatic heterocycles. The van der Waals surface area contributed by atoms with Crippen molar-refractivity contribution in [1.82, 2.24) is 14.1 Å². The summed E-state index contributed by atoms with van der Waals surface area (Å²) in [6.45, 7) is 12.4. The zero-order valence-electron chi connectivity index (χ0n) is 16.9. The van der Waals surface area contributed by atoms with Gasteiger partial charge in [-0.05, 0) is 26.0 Å². The molecule has 2 aromatic rings. The van der Waals surface area contributed by atoms with Gasteiger partial charge in [-0.2, -0.15) is 9.40 Å². The fraction of sp³-hybridized carbons (Fsp3) is 0.550. The highest BCUT2D eigenvalue weighted by Crippen LogP contribution is 2.31. The maximum atomic E-state index is 13.4. The number of sulfonamides is 1. The Hall–Kier alpha value is -1.86. The fourth-order valence-corrected chi connectivity index (χ4v) is 5.07. The molecule has 0 atom stereocenters. The molecule has 1 aromatic carbocycles. The topological polar surface area (TPSA) is 58.4 Å². The van der Waals surface area contributed by atoms with Crippen LogP contribution < -0.4 is 4.90 Å². The average Bonchev–Trinajstić information content (AvgIpc) is 3.10. The highest BCUT2D eigenvalue weighted by Gasteiger charge is 2.35. The van der Waals surface area contributed by atoms with Gasteiger partial charge in [-0.1, -0.05) is 39.0 Å². The van der Waals surface area contributed by atoms with E-state index in [1.54, 1.807) is 15.2 Å². The number of para-hydroxylation sites is 1. The standard InChI is InChI=1S/C20H30N4O2S/c1-16(2)24-15-18(19(21-24)20(3,4)5)27(25,26)23-13-11-22(12-14-23)17-9-7-6-8-10-17/h6-10,15-16H,11-14H2,1-5H3. The maximum absolute atomic E-state index is 13.4. The van der Waals surface area contributed by atoms with Gasteiger partial charge in [-0.15, -0.1) is 0 Å². The summed E-state index contributed by atoms with van der Waals surface area (Å²) in [5.74, 6) is 0. The molecule has 0 saturated carbocycles. The van der Waals surface area contributed by atoms with Gasteiger partial charge in [0.15, 0.2) is 0 Å². The van der Waals surface area contributed by atoms with Gasteiger partial charge in [0.1, 0.15) is 4.90 Å². The highest BCUT2D eigenvalue weighted by atomic mass is 32.2. The first-order valence-electron chi connectivity index (χ1n) is 9.50. The average molecular weight is 391 g/mol. The molecule has 6 nitrogen and oxygen atoms in total. The number of rotatable bonds is 4. The van der Waals surface area contributed by atoms with E-state index in [9.17, 15) is 8.42 Å². The van der Waals surface area contributed by atoms with Crippen molar-refractivity contribution in [3.8, 4) is 0 Å². The van der Waals surface area contributed by atoms with E-state index in [-0.39, 0.29) is 11.5 Å². The number of benzene rings is 1. The van der Waals surface area contributed by atoms with Crippen molar-refractivity contribution >= 4 is 15.7 Å². The predicted octanol–water partition coefficient (Wildman–Crippen LogP) is 3.27. The molecule has 0 unspecified atom stereocenters. The molecule has 0 N–H and O–H groups in total. The fourth-order valence-electron chi connectivity index (χ4n) is 3.31. The van der Waals surface area contributed by atoms with Gasteiger partial charge in [0, 0.05) is 49.5 Å². The first kappa shape index (κ1) is 19.9. The predicted molar refractivity (Wildman–Crippen MR) is 109 cm³/mol. The number of nitrogens with zero attached hydrogens (tertiary/aromatic N) is 4. The molecule has 27 heavy (non-hydrogen) atoms. The van der Waals surface area contributed by atoms with Crippen LogP contribution in [0.2, 0.25) is 0 Å².